The van der Waals surface area contributed by atoms with Gasteiger partial charge >= 0.3 is 0 Å². The lowest BCUT2D eigenvalue weighted by atomic mass is 10.2. The van der Waals surface area contributed by atoms with Crippen LogP contribution in [0.5, 0.6) is 28.7 Å². The first-order valence-electron chi connectivity index (χ1n) is 6.22. The Bertz CT molecular complexity index is 480. The average Bonchev–Trinajstić information content (AvgIpc) is 2.48. The van der Waals surface area contributed by atoms with E-state index in [0.717, 1.165) is 0 Å². The largest absolute Gasteiger partial charge is 0.503 e. The van der Waals surface area contributed by atoms with Crippen molar-refractivity contribution in [3.63, 3.8) is 0 Å². The molecule has 0 atom stereocenters. The highest BCUT2D eigenvalue weighted by Gasteiger charge is 2.23. The summed E-state index contributed by atoms with van der Waals surface area (Å²) in [5.74, 6) is -4.38. The van der Waals surface area contributed by atoms with Gasteiger partial charge in [-0.25, -0.2) is 0 Å². The zero-order valence-electron chi connectivity index (χ0n) is 11.8. The smallest absolute Gasteiger partial charge is 0.208 e. The van der Waals surface area contributed by atoms with Crippen LogP contribution in [0.25, 0.3) is 0 Å². The van der Waals surface area contributed by atoms with E-state index in [1.807, 2.05) is 20.8 Å². The zero-order valence-corrected chi connectivity index (χ0v) is 11.8. The quantitative estimate of drug-likeness (QED) is 0.287. The maximum atomic E-state index is 9.59. The number of aromatic hydroxyl groups is 5. The molecule has 0 aliphatic carbocycles. The Kier molecular flexibility index (Phi) is 6.85. The van der Waals surface area contributed by atoms with Crippen molar-refractivity contribution < 1.29 is 25.5 Å². The number of phenolic OH excluding ortho intramolecular Hbond substituents is 5. The summed E-state index contributed by atoms with van der Waals surface area (Å²) >= 11 is 0. The molecule has 0 spiro atoms. The monoisotopic (exact) mass is 283 g/mol. The molecule has 0 saturated carbocycles. The number of anilines is 1. The van der Waals surface area contributed by atoms with Gasteiger partial charge in [-0.1, -0.05) is 33.4 Å². The van der Waals surface area contributed by atoms with Crippen LogP contribution in [0.2, 0.25) is 0 Å². The van der Waals surface area contributed by atoms with Gasteiger partial charge in [0.15, 0.2) is 11.5 Å². The van der Waals surface area contributed by atoms with E-state index >= 15 is 0 Å². The highest BCUT2D eigenvalue weighted by atomic mass is 16.4. The molecular weight excluding hydrogens is 262 g/mol. The third kappa shape index (κ3) is 3.50. The fourth-order valence-corrected chi connectivity index (χ4v) is 1.35. The molecule has 1 aromatic rings. The number of phenols is 5. The Labute approximate surface area is 117 Å². The molecule has 20 heavy (non-hydrogen) atoms. The zero-order chi connectivity index (χ0) is 15.9. The van der Waals surface area contributed by atoms with Gasteiger partial charge in [0.1, 0.15) is 5.69 Å². The highest BCUT2D eigenvalue weighted by Crippen LogP contribution is 2.54. The summed E-state index contributed by atoms with van der Waals surface area (Å²) in [6.45, 7) is 9.40. The van der Waals surface area contributed by atoms with Gasteiger partial charge in [-0.05, 0) is 12.5 Å². The van der Waals surface area contributed by atoms with Crippen LogP contribution in [0.4, 0.5) is 5.69 Å². The van der Waals surface area contributed by atoms with Gasteiger partial charge < -0.3 is 30.8 Å². The fraction of sp³-hybridized carbons (Fsp3) is 0.286. The van der Waals surface area contributed by atoms with E-state index in [2.05, 4.69) is 11.9 Å². The summed E-state index contributed by atoms with van der Waals surface area (Å²) in [6, 6.07) is 0. The number of benzene rings is 1. The van der Waals surface area contributed by atoms with Crippen molar-refractivity contribution in [3.8, 4) is 28.7 Å². The van der Waals surface area contributed by atoms with Gasteiger partial charge in [-0.3, -0.25) is 0 Å². The second-order valence-corrected chi connectivity index (χ2v) is 3.51. The number of allylic oxidation sites excluding steroid dienone is 2. The summed E-state index contributed by atoms with van der Waals surface area (Å²) in [6.07, 6.45) is 3.82. The third-order valence-corrected chi connectivity index (χ3v) is 2.28. The molecule has 0 aliphatic rings. The topological polar surface area (TPSA) is 113 Å². The number of hydrogen-bond acceptors (Lipinski definition) is 6. The second kappa shape index (κ2) is 7.83. The molecule has 0 radical (unpaired) electrons. The molecule has 6 nitrogen and oxygen atoms in total. The van der Waals surface area contributed by atoms with Crippen molar-refractivity contribution in [2.24, 2.45) is 0 Å². The summed E-state index contributed by atoms with van der Waals surface area (Å²) in [7, 11) is 0. The molecule has 0 bridgehead atoms. The second-order valence-electron chi connectivity index (χ2n) is 3.51. The summed E-state index contributed by atoms with van der Waals surface area (Å²) in [4.78, 5) is 0. The third-order valence-electron chi connectivity index (χ3n) is 2.28. The van der Waals surface area contributed by atoms with Crippen molar-refractivity contribution in [3.05, 3.63) is 24.4 Å². The number of hydrogen-bond donors (Lipinski definition) is 6. The summed E-state index contributed by atoms with van der Waals surface area (Å²) in [5, 5.41) is 49.7. The SMILES string of the molecule is C=C/C(=C\CC)Nc1c(O)c(O)c(O)c(O)c1O.CC. The van der Waals surface area contributed by atoms with Crippen LogP contribution >= 0.6 is 0 Å². The molecule has 0 unspecified atom stereocenters. The first-order valence-corrected chi connectivity index (χ1v) is 6.22. The Morgan fingerprint density at radius 3 is 1.70 bits per heavy atom. The first-order chi connectivity index (χ1) is 9.43. The van der Waals surface area contributed by atoms with E-state index in [1.54, 1.807) is 6.08 Å². The molecule has 0 aromatic heterocycles. The van der Waals surface area contributed by atoms with Gasteiger partial charge in [-0.15, -0.1) is 0 Å². The maximum Gasteiger partial charge on any atom is 0.208 e. The number of nitrogens with one attached hydrogen (secondary N) is 1. The minimum absolute atomic E-state index is 0.317. The van der Waals surface area contributed by atoms with E-state index in [9.17, 15) is 25.5 Å². The molecule has 0 heterocycles. The first kappa shape index (κ1) is 17.5. The van der Waals surface area contributed by atoms with Crippen molar-refractivity contribution in [1.29, 1.82) is 0 Å². The van der Waals surface area contributed by atoms with Crippen molar-refractivity contribution in [2.75, 3.05) is 5.32 Å². The molecule has 0 amide bonds. The Morgan fingerprint density at radius 2 is 1.35 bits per heavy atom. The normalized spacial score (nSPS) is 10.4. The van der Waals surface area contributed by atoms with Crippen LogP contribution in [-0.2, 0) is 0 Å². The van der Waals surface area contributed by atoms with Crippen LogP contribution in [0.15, 0.2) is 24.4 Å². The van der Waals surface area contributed by atoms with Crippen LogP contribution in [0, 0.1) is 0 Å². The van der Waals surface area contributed by atoms with Crippen LogP contribution in [0.1, 0.15) is 27.2 Å². The minimum atomic E-state index is -0.991. The lowest BCUT2D eigenvalue weighted by Crippen LogP contribution is -1.98. The Hall–Kier alpha value is -2.50. The molecule has 0 aliphatic heterocycles. The summed E-state index contributed by atoms with van der Waals surface area (Å²) < 4.78 is 0. The maximum absolute atomic E-state index is 9.59. The van der Waals surface area contributed by atoms with Gasteiger partial charge in [0, 0.05) is 5.70 Å². The van der Waals surface area contributed by atoms with E-state index in [4.69, 9.17) is 0 Å². The van der Waals surface area contributed by atoms with Gasteiger partial charge in [-0.2, -0.15) is 0 Å². The number of rotatable bonds is 4. The van der Waals surface area contributed by atoms with Gasteiger partial charge in [0.2, 0.25) is 17.2 Å². The Balaban J connectivity index is 0.00000172. The van der Waals surface area contributed by atoms with E-state index in [0.29, 0.717) is 12.1 Å². The predicted octanol–water partition coefficient (Wildman–Crippen LogP) is 3.13. The highest BCUT2D eigenvalue weighted by molar-refractivity contribution is 5.80. The molecule has 1 rings (SSSR count). The molecule has 6 heteroatoms. The molecule has 6 N–H and O–H groups in total. The van der Waals surface area contributed by atoms with Crippen molar-refractivity contribution >= 4 is 5.69 Å². The molecule has 1 aromatic carbocycles. The average molecular weight is 283 g/mol. The van der Waals surface area contributed by atoms with E-state index < -0.39 is 28.7 Å². The molecular formula is C14H21NO5. The fourth-order valence-electron chi connectivity index (χ4n) is 1.35. The van der Waals surface area contributed by atoms with Gasteiger partial charge in [0.25, 0.3) is 0 Å². The van der Waals surface area contributed by atoms with Crippen molar-refractivity contribution in [1.82, 2.24) is 0 Å². The van der Waals surface area contributed by atoms with Crippen LogP contribution in [0.3, 0.4) is 0 Å². The van der Waals surface area contributed by atoms with Gasteiger partial charge in [0.05, 0.1) is 0 Å². The lowest BCUT2D eigenvalue weighted by molar-refractivity contribution is 0.330. The van der Waals surface area contributed by atoms with E-state index in [-0.39, 0.29) is 5.69 Å². The molecule has 0 saturated heterocycles. The molecule has 0 fully saturated rings. The summed E-state index contributed by atoms with van der Waals surface area (Å²) in [5.41, 5.74) is 0.148. The standard InChI is InChI=1S/C12H15NO5.C2H6/c1-3-5-6(4-2)13-7-8(14)10(16)12(18)11(17)9(7)15;1-2/h4-5,13-18H,2-3H2,1H3;1-2H3/b6-5+;. The van der Waals surface area contributed by atoms with Crippen molar-refractivity contribution in [2.45, 2.75) is 27.2 Å². The lowest BCUT2D eigenvalue weighted by Gasteiger charge is -2.14. The van der Waals surface area contributed by atoms with Crippen LogP contribution in [-0.4, -0.2) is 25.5 Å². The minimum Gasteiger partial charge on any atom is -0.503 e. The predicted molar refractivity (Wildman–Crippen MR) is 78.3 cm³/mol. The van der Waals surface area contributed by atoms with Crippen LogP contribution < -0.4 is 5.32 Å². The van der Waals surface area contributed by atoms with E-state index in [1.165, 1.54) is 6.08 Å². The molecule has 112 valence electrons. The Morgan fingerprint density at radius 1 is 0.950 bits per heavy atom.